The number of hydrogen-bond donors (Lipinski definition) is 2. The van der Waals surface area contributed by atoms with Crippen LogP contribution in [-0.2, 0) is 13.1 Å². The van der Waals surface area contributed by atoms with Gasteiger partial charge in [0, 0.05) is 24.6 Å². The minimum absolute atomic E-state index is 0. The van der Waals surface area contributed by atoms with Gasteiger partial charge in [-0.1, -0.05) is 25.1 Å². The Labute approximate surface area is 178 Å². The first-order valence-electron chi connectivity index (χ1n) is 9.17. The lowest BCUT2D eigenvalue weighted by atomic mass is 9.99. The van der Waals surface area contributed by atoms with E-state index in [-0.39, 0.29) is 24.0 Å². The summed E-state index contributed by atoms with van der Waals surface area (Å²) in [5.41, 5.74) is 1.87. The number of aliphatic imine (C=N–C) groups is 1. The van der Waals surface area contributed by atoms with Crippen LogP contribution in [0.25, 0.3) is 0 Å². The first-order valence-corrected chi connectivity index (χ1v) is 9.17. The van der Waals surface area contributed by atoms with Crippen LogP contribution in [0.5, 0.6) is 5.88 Å². The second-order valence-electron chi connectivity index (χ2n) is 5.95. The van der Waals surface area contributed by atoms with E-state index in [1.54, 1.807) is 7.11 Å². The summed E-state index contributed by atoms with van der Waals surface area (Å²) in [6.45, 7) is 8.13. The summed E-state index contributed by atoms with van der Waals surface area (Å²) in [5, 5.41) is 10.7. The summed E-state index contributed by atoms with van der Waals surface area (Å²) < 4.78 is 10.6. The molecule has 2 heterocycles. The Morgan fingerprint density at radius 1 is 1.22 bits per heavy atom. The maximum absolute atomic E-state index is 5.45. The van der Waals surface area contributed by atoms with Gasteiger partial charge in [-0.2, -0.15) is 0 Å². The molecule has 0 radical (unpaired) electrons. The summed E-state index contributed by atoms with van der Waals surface area (Å²) in [5.74, 6) is 2.55. The van der Waals surface area contributed by atoms with Crippen molar-refractivity contribution in [3.63, 3.8) is 0 Å². The molecule has 0 spiro atoms. The van der Waals surface area contributed by atoms with Crippen molar-refractivity contribution in [1.82, 2.24) is 20.8 Å². The molecule has 0 fully saturated rings. The molecule has 0 saturated carbocycles. The molecule has 0 atom stereocenters. The Balaban J connectivity index is 0.00000364. The molecular formula is C19H30IN5O2. The van der Waals surface area contributed by atoms with Gasteiger partial charge in [-0.05, 0) is 25.8 Å². The number of rotatable bonds is 9. The Kier molecular flexibility index (Phi) is 10.8. The minimum atomic E-state index is 0. The molecular weight excluding hydrogens is 457 g/mol. The van der Waals surface area contributed by atoms with Crippen molar-refractivity contribution in [2.75, 3.05) is 13.7 Å². The van der Waals surface area contributed by atoms with Crippen molar-refractivity contribution in [1.29, 1.82) is 0 Å². The van der Waals surface area contributed by atoms with Gasteiger partial charge >= 0.3 is 0 Å². The Hall–Kier alpha value is -1.84. The number of guanidine groups is 1. The molecule has 0 aromatic carbocycles. The Morgan fingerprint density at radius 3 is 2.67 bits per heavy atom. The SMILES string of the molecule is CCNC(=NCc1cccc(OC)n1)NCc1cc(C(CC)CC)no1.I. The molecule has 0 aliphatic rings. The zero-order valence-electron chi connectivity index (χ0n) is 16.5. The van der Waals surface area contributed by atoms with Crippen molar-refractivity contribution < 1.29 is 9.26 Å². The number of pyridine rings is 1. The highest BCUT2D eigenvalue weighted by Gasteiger charge is 2.13. The summed E-state index contributed by atoms with van der Waals surface area (Å²) >= 11 is 0. The van der Waals surface area contributed by atoms with Crippen molar-refractivity contribution in [3.05, 3.63) is 41.4 Å². The second-order valence-corrected chi connectivity index (χ2v) is 5.95. The zero-order valence-corrected chi connectivity index (χ0v) is 18.8. The highest BCUT2D eigenvalue weighted by atomic mass is 127. The van der Waals surface area contributed by atoms with Crippen molar-refractivity contribution in [3.8, 4) is 5.88 Å². The first kappa shape index (κ1) is 23.2. The molecule has 2 rings (SSSR count). The maximum atomic E-state index is 5.45. The lowest BCUT2D eigenvalue weighted by Gasteiger charge is -2.10. The van der Waals surface area contributed by atoms with Crippen LogP contribution in [0.4, 0.5) is 0 Å². The zero-order chi connectivity index (χ0) is 18.8. The normalized spacial score (nSPS) is 11.2. The van der Waals surface area contributed by atoms with Crippen LogP contribution >= 0.6 is 24.0 Å². The summed E-state index contributed by atoms with van der Waals surface area (Å²) in [6, 6.07) is 7.68. The highest BCUT2D eigenvalue weighted by Crippen LogP contribution is 2.22. The summed E-state index contributed by atoms with van der Waals surface area (Å²) in [7, 11) is 1.61. The average Bonchev–Trinajstić information content (AvgIpc) is 3.14. The number of nitrogens with zero attached hydrogens (tertiary/aromatic N) is 3. The molecule has 0 saturated heterocycles. The van der Waals surface area contributed by atoms with Crippen molar-refractivity contribution in [2.45, 2.75) is 52.6 Å². The smallest absolute Gasteiger partial charge is 0.213 e. The third-order valence-corrected chi connectivity index (χ3v) is 4.14. The summed E-state index contributed by atoms with van der Waals surface area (Å²) in [4.78, 5) is 8.93. The Bertz CT molecular complexity index is 701. The average molecular weight is 487 g/mol. The van der Waals surface area contributed by atoms with Gasteiger partial charge in [-0.25, -0.2) is 9.98 Å². The lowest BCUT2D eigenvalue weighted by molar-refractivity contribution is 0.368. The fraction of sp³-hybridized carbons (Fsp3) is 0.526. The summed E-state index contributed by atoms with van der Waals surface area (Å²) in [6.07, 6.45) is 2.13. The van der Waals surface area contributed by atoms with E-state index in [2.05, 4.69) is 39.6 Å². The maximum Gasteiger partial charge on any atom is 0.213 e. The van der Waals surface area contributed by atoms with E-state index in [4.69, 9.17) is 9.26 Å². The molecule has 0 amide bonds. The van der Waals surface area contributed by atoms with E-state index >= 15 is 0 Å². The lowest BCUT2D eigenvalue weighted by Crippen LogP contribution is -2.36. The number of halogens is 1. The number of aromatic nitrogens is 2. The van der Waals surface area contributed by atoms with E-state index in [1.807, 2.05) is 31.2 Å². The van der Waals surface area contributed by atoms with Gasteiger partial charge in [0.2, 0.25) is 5.88 Å². The van der Waals surface area contributed by atoms with Gasteiger partial charge in [0.05, 0.1) is 31.6 Å². The molecule has 2 aromatic heterocycles. The van der Waals surface area contributed by atoms with Gasteiger partial charge < -0.3 is 19.9 Å². The van der Waals surface area contributed by atoms with Crippen LogP contribution in [-0.4, -0.2) is 29.8 Å². The Morgan fingerprint density at radius 2 is 2.00 bits per heavy atom. The largest absolute Gasteiger partial charge is 0.481 e. The minimum Gasteiger partial charge on any atom is -0.481 e. The van der Waals surface area contributed by atoms with E-state index in [0.717, 1.165) is 36.5 Å². The highest BCUT2D eigenvalue weighted by molar-refractivity contribution is 14.0. The van der Waals surface area contributed by atoms with Crippen LogP contribution < -0.4 is 15.4 Å². The number of ether oxygens (including phenoxy) is 1. The molecule has 7 nitrogen and oxygen atoms in total. The fourth-order valence-electron chi connectivity index (χ4n) is 2.64. The van der Waals surface area contributed by atoms with E-state index in [9.17, 15) is 0 Å². The molecule has 150 valence electrons. The van der Waals surface area contributed by atoms with Gasteiger partial charge in [0.15, 0.2) is 11.7 Å². The fourth-order valence-corrected chi connectivity index (χ4v) is 2.64. The molecule has 27 heavy (non-hydrogen) atoms. The second kappa shape index (κ2) is 12.5. The van der Waals surface area contributed by atoms with E-state index in [1.165, 1.54) is 0 Å². The monoisotopic (exact) mass is 487 g/mol. The number of methoxy groups -OCH3 is 1. The van der Waals surface area contributed by atoms with Crippen molar-refractivity contribution >= 4 is 29.9 Å². The van der Waals surface area contributed by atoms with Crippen LogP contribution in [0.15, 0.2) is 33.8 Å². The van der Waals surface area contributed by atoms with Crippen molar-refractivity contribution in [2.24, 2.45) is 4.99 Å². The number of nitrogens with one attached hydrogen (secondary N) is 2. The third-order valence-electron chi connectivity index (χ3n) is 4.14. The predicted molar refractivity (Wildman–Crippen MR) is 118 cm³/mol. The quantitative estimate of drug-likeness (QED) is 0.318. The van der Waals surface area contributed by atoms with Gasteiger partial charge in [-0.15, -0.1) is 24.0 Å². The predicted octanol–water partition coefficient (Wildman–Crippen LogP) is 3.86. The van der Waals surface area contributed by atoms with E-state index < -0.39 is 0 Å². The standard InChI is InChI=1S/C19H29N5O2.HI/c1-5-14(6-2)17-11-16(26-24-17)13-22-19(20-7-3)21-12-15-9-8-10-18(23-15)25-4;/h8-11,14H,5-7,12-13H2,1-4H3,(H2,20,21,22);1H. The van der Waals surface area contributed by atoms with Crippen LogP contribution in [0.1, 0.15) is 56.7 Å². The molecule has 0 aliphatic heterocycles. The van der Waals surface area contributed by atoms with Gasteiger partial charge in [0.25, 0.3) is 0 Å². The van der Waals surface area contributed by atoms with Gasteiger partial charge in [0.1, 0.15) is 0 Å². The van der Waals surface area contributed by atoms with Crippen LogP contribution in [0.3, 0.4) is 0 Å². The molecule has 0 unspecified atom stereocenters. The van der Waals surface area contributed by atoms with Crippen LogP contribution in [0, 0.1) is 0 Å². The molecule has 0 bridgehead atoms. The molecule has 8 heteroatoms. The molecule has 2 aromatic rings. The number of hydrogen-bond acceptors (Lipinski definition) is 5. The first-order chi connectivity index (χ1) is 12.7. The molecule has 0 aliphatic carbocycles. The molecule has 2 N–H and O–H groups in total. The van der Waals surface area contributed by atoms with Gasteiger partial charge in [-0.3, -0.25) is 0 Å². The van der Waals surface area contributed by atoms with E-state index in [0.29, 0.717) is 30.8 Å². The van der Waals surface area contributed by atoms with Crippen LogP contribution in [0.2, 0.25) is 0 Å². The third kappa shape index (κ3) is 7.36. The topological polar surface area (TPSA) is 84.6 Å².